The minimum Gasteiger partial charge on any atom is -0.493 e. The van der Waals surface area contributed by atoms with E-state index in [9.17, 15) is 29.3 Å². The second-order valence-electron chi connectivity index (χ2n) is 14.0. The highest BCUT2D eigenvalue weighted by atomic mass is 33.1. The number of benzene rings is 3. The third-order valence-corrected chi connectivity index (χ3v) is 13.4. The van der Waals surface area contributed by atoms with Crippen LogP contribution in [0.5, 0.6) is 17.2 Å². The Morgan fingerprint density at radius 3 is 2.54 bits per heavy atom. The number of aliphatic hydroxyl groups is 1. The summed E-state index contributed by atoms with van der Waals surface area (Å²) >= 11 is 0. The Balaban J connectivity index is 0.983. The largest absolute Gasteiger partial charge is 0.493 e. The summed E-state index contributed by atoms with van der Waals surface area (Å²) < 4.78 is 22.9. The number of hydrogen-bond donors (Lipinski definition) is 3. The quantitative estimate of drug-likeness (QED) is 0.0632. The molecule has 3 amide bonds. The average molecular weight is 837 g/mol. The number of rotatable bonds is 15. The van der Waals surface area contributed by atoms with Crippen LogP contribution in [0.1, 0.15) is 61.4 Å². The smallest absolute Gasteiger partial charge is 0.416 e. The Bertz CT molecular complexity index is 2100. The van der Waals surface area contributed by atoms with E-state index < -0.39 is 27.0 Å². The molecule has 7 rings (SSSR count). The van der Waals surface area contributed by atoms with E-state index >= 15 is 0 Å². The van der Waals surface area contributed by atoms with Gasteiger partial charge in [0.25, 0.3) is 5.91 Å². The van der Waals surface area contributed by atoms with Crippen molar-refractivity contribution in [3.8, 4) is 17.2 Å². The molecule has 4 aromatic rings. The molecule has 17 heteroatoms. The number of fused-ring (bicyclic) bond motifs is 5. The van der Waals surface area contributed by atoms with Crippen molar-refractivity contribution in [2.75, 3.05) is 43.2 Å². The molecular formula is C40H45N4O10PS2. The lowest BCUT2D eigenvalue weighted by atomic mass is 10.0. The van der Waals surface area contributed by atoms with Crippen LogP contribution >= 0.6 is 30.2 Å². The normalized spacial score (nSPS) is 17.9. The second kappa shape index (κ2) is 18.5. The predicted octanol–water partition coefficient (Wildman–Crippen LogP) is 7.07. The number of unbranched alkanes of at least 4 members (excludes halogenated alkanes) is 2. The zero-order valence-electron chi connectivity index (χ0n) is 31.6. The van der Waals surface area contributed by atoms with Crippen LogP contribution in [0.2, 0.25) is 0 Å². The number of anilines is 2. The molecule has 3 aliphatic heterocycles. The second-order valence-corrected chi connectivity index (χ2v) is 17.3. The SMILES string of the molecule is COc1cc2c(cc1OCCCCCC(=O)N1CCc3c1cc(OP(O)O)c1ccccc31)N(C(=O)OCC(C)SSc1ccccn1)C(O)C1CCCN1C2=O. The van der Waals surface area contributed by atoms with Crippen molar-refractivity contribution in [2.24, 2.45) is 0 Å². The summed E-state index contributed by atoms with van der Waals surface area (Å²) in [5.41, 5.74) is 2.13. The first kappa shape index (κ1) is 40.9. The van der Waals surface area contributed by atoms with Gasteiger partial charge in [-0.05, 0) is 85.4 Å². The summed E-state index contributed by atoms with van der Waals surface area (Å²) in [5.74, 6) is 0.597. The van der Waals surface area contributed by atoms with Crippen LogP contribution in [0.15, 0.2) is 71.9 Å². The molecule has 1 aromatic heterocycles. The molecule has 1 saturated heterocycles. The number of aliphatic hydroxyl groups excluding tert-OH is 1. The van der Waals surface area contributed by atoms with Crippen LogP contribution in [0.3, 0.4) is 0 Å². The summed E-state index contributed by atoms with van der Waals surface area (Å²) in [6.45, 7) is 3.25. The monoisotopic (exact) mass is 836 g/mol. The van der Waals surface area contributed by atoms with Gasteiger partial charge in [-0.15, -0.1) is 0 Å². The number of aromatic nitrogens is 1. The Morgan fingerprint density at radius 1 is 0.982 bits per heavy atom. The number of carbonyl (C=O) groups excluding carboxylic acids is 3. The van der Waals surface area contributed by atoms with Gasteiger partial charge >= 0.3 is 14.7 Å². The Hall–Kier alpha value is -4.31. The van der Waals surface area contributed by atoms with Crippen molar-refractivity contribution in [1.29, 1.82) is 0 Å². The molecule has 302 valence electrons. The maximum Gasteiger partial charge on any atom is 0.416 e. The van der Waals surface area contributed by atoms with Crippen LogP contribution in [-0.4, -0.2) is 93.6 Å². The first-order chi connectivity index (χ1) is 27.6. The molecule has 0 spiro atoms. The third-order valence-electron chi connectivity index (χ3n) is 10.3. The molecule has 0 saturated carbocycles. The van der Waals surface area contributed by atoms with Gasteiger partial charge in [-0.1, -0.05) is 41.1 Å². The van der Waals surface area contributed by atoms with E-state index in [1.165, 1.54) is 28.7 Å². The van der Waals surface area contributed by atoms with Gasteiger partial charge in [-0.25, -0.2) is 14.7 Å². The van der Waals surface area contributed by atoms with Crippen molar-refractivity contribution in [3.63, 3.8) is 0 Å². The summed E-state index contributed by atoms with van der Waals surface area (Å²) in [7, 11) is 1.84. The van der Waals surface area contributed by atoms with Gasteiger partial charge in [0.05, 0.1) is 36.7 Å². The molecule has 57 heavy (non-hydrogen) atoms. The van der Waals surface area contributed by atoms with E-state index in [0.29, 0.717) is 75.3 Å². The lowest BCUT2D eigenvalue weighted by Crippen LogP contribution is -2.51. The zero-order valence-corrected chi connectivity index (χ0v) is 34.1. The van der Waals surface area contributed by atoms with Gasteiger partial charge in [0, 0.05) is 48.5 Å². The first-order valence-electron chi connectivity index (χ1n) is 18.9. The highest BCUT2D eigenvalue weighted by Gasteiger charge is 2.45. The Labute approximate surface area is 339 Å². The van der Waals surface area contributed by atoms with Gasteiger partial charge in [0.2, 0.25) is 5.91 Å². The number of nitrogens with zero attached hydrogens (tertiary/aromatic N) is 4. The van der Waals surface area contributed by atoms with Gasteiger partial charge in [-0.2, -0.15) is 0 Å². The topological polar surface area (TPSA) is 171 Å². The Morgan fingerprint density at radius 2 is 1.77 bits per heavy atom. The molecule has 0 radical (unpaired) electrons. The van der Waals surface area contributed by atoms with E-state index in [1.807, 2.05) is 49.4 Å². The Kier molecular flexibility index (Phi) is 13.3. The molecule has 14 nitrogen and oxygen atoms in total. The van der Waals surface area contributed by atoms with E-state index in [4.69, 9.17) is 18.7 Å². The molecule has 3 atom stereocenters. The van der Waals surface area contributed by atoms with Crippen molar-refractivity contribution in [3.05, 3.63) is 78.0 Å². The van der Waals surface area contributed by atoms with Crippen molar-refractivity contribution < 1.29 is 48.0 Å². The number of ether oxygens (including phenoxy) is 3. The summed E-state index contributed by atoms with van der Waals surface area (Å²) in [5, 5.41) is 14.0. The minimum atomic E-state index is -2.63. The van der Waals surface area contributed by atoms with E-state index in [2.05, 4.69) is 4.98 Å². The fourth-order valence-corrected chi connectivity index (χ4v) is 9.77. The number of amides is 3. The number of methoxy groups -OCH3 is 1. The van der Waals surface area contributed by atoms with Gasteiger partial charge in [0.15, 0.2) is 17.7 Å². The molecular weight excluding hydrogens is 792 g/mol. The van der Waals surface area contributed by atoms with Gasteiger partial charge in [0.1, 0.15) is 17.4 Å². The van der Waals surface area contributed by atoms with Gasteiger partial charge in [-0.3, -0.25) is 9.59 Å². The van der Waals surface area contributed by atoms with E-state index in [-0.39, 0.29) is 41.5 Å². The fraction of sp³-hybridized carbons (Fsp3) is 0.400. The maximum absolute atomic E-state index is 13.8. The van der Waals surface area contributed by atoms with Crippen molar-refractivity contribution in [1.82, 2.24) is 9.88 Å². The number of hydrogen-bond acceptors (Lipinski definition) is 13. The van der Waals surface area contributed by atoms with Crippen molar-refractivity contribution >= 4 is 70.2 Å². The number of carbonyl (C=O) groups is 3. The van der Waals surface area contributed by atoms with E-state index in [0.717, 1.165) is 31.9 Å². The maximum atomic E-state index is 13.8. The molecule has 1 fully saturated rings. The molecule has 3 unspecified atom stereocenters. The summed E-state index contributed by atoms with van der Waals surface area (Å²) in [4.78, 5) is 69.0. The van der Waals surface area contributed by atoms with E-state index in [1.54, 1.807) is 34.2 Å². The molecule has 4 heterocycles. The van der Waals surface area contributed by atoms with Crippen molar-refractivity contribution in [2.45, 2.75) is 74.4 Å². The average Bonchev–Trinajstić information content (AvgIpc) is 3.87. The van der Waals surface area contributed by atoms with Crippen LogP contribution in [0.4, 0.5) is 16.2 Å². The third kappa shape index (κ3) is 9.06. The number of pyridine rings is 1. The van der Waals surface area contributed by atoms with Crippen LogP contribution in [0, 0.1) is 0 Å². The van der Waals surface area contributed by atoms with Crippen LogP contribution in [-0.2, 0) is 16.0 Å². The fourth-order valence-electron chi connectivity index (χ4n) is 7.57. The van der Waals surface area contributed by atoms with Crippen LogP contribution < -0.4 is 23.8 Å². The predicted molar refractivity (Wildman–Crippen MR) is 220 cm³/mol. The van der Waals surface area contributed by atoms with Crippen LogP contribution in [0.25, 0.3) is 10.8 Å². The standard InChI is InChI=1S/C40H45N4O10PS2/c1-25(56-57-36-14-7-8-17-41-36)24-53-40(48)44-32-23-35(34(51-2)21-29(32)38(46)43-18-10-13-30(43)39(44)47)52-20-9-3-4-15-37(45)42-19-16-27-26-11-5-6-12-28(26)33(22-31(27)42)54-55(49)50/h5-8,11-12,14,17,21-23,25,30,39,47,49-50H,3-4,9-10,13,15-16,18-20,24H2,1-2H3. The molecule has 0 bridgehead atoms. The molecule has 3 aliphatic rings. The highest BCUT2D eigenvalue weighted by molar-refractivity contribution is 8.76. The molecule has 3 N–H and O–H groups in total. The van der Waals surface area contributed by atoms with Gasteiger partial charge < -0.3 is 43.4 Å². The zero-order chi connectivity index (χ0) is 40.1. The lowest BCUT2D eigenvalue weighted by molar-refractivity contribution is -0.118. The lowest BCUT2D eigenvalue weighted by Gasteiger charge is -2.32. The minimum absolute atomic E-state index is 0.0331. The molecule has 0 aliphatic carbocycles. The summed E-state index contributed by atoms with van der Waals surface area (Å²) in [6, 6.07) is 17.4. The summed E-state index contributed by atoms with van der Waals surface area (Å²) in [6.07, 6.45) is 3.74. The first-order valence-corrected chi connectivity index (χ1v) is 22.3. The highest BCUT2D eigenvalue weighted by Crippen LogP contribution is 2.44. The molecule has 3 aromatic carbocycles.